The third-order valence-electron chi connectivity index (χ3n) is 4.89. The maximum atomic E-state index is 6.28. The lowest BCUT2D eigenvalue weighted by molar-refractivity contribution is 0.273. The van der Waals surface area contributed by atoms with E-state index in [2.05, 4.69) is 54.0 Å². The normalized spacial score (nSPS) is 23.8. The van der Waals surface area contributed by atoms with Crippen LogP contribution < -0.4 is 10.6 Å². The largest absolute Gasteiger partial charge is 0.365 e. The Morgan fingerprint density at radius 2 is 1.90 bits per heavy atom. The van der Waals surface area contributed by atoms with Gasteiger partial charge in [0, 0.05) is 25.3 Å². The monoisotopic (exact) mass is 289 g/mol. The van der Waals surface area contributed by atoms with Crippen molar-refractivity contribution in [3.8, 4) is 0 Å². The molecule has 1 aliphatic heterocycles. The van der Waals surface area contributed by atoms with Crippen molar-refractivity contribution in [1.29, 1.82) is 0 Å². The molecule has 1 aromatic carbocycles. The van der Waals surface area contributed by atoms with Crippen molar-refractivity contribution in [1.82, 2.24) is 4.90 Å². The van der Waals surface area contributed by atoms with Crippen LogP contribution in [0.25, 0.3) is 0 Å². The molecule has 118 valence electrons. The van der Waals surface area contributed by atoms with E-state index < -0.39 is 0 Å². The highest BCUT2D eigenvalue weighted by atomic mass is 15.2. The molecule has 0 aromatic heterocycles. The van der Waals surface area contributed by atoms with E-state index in [0.717, 1.165) is 13.1 Å². The molecule has 21 heavy (non-hydrogen) atoms. The lowest BCUT2D eigenvalue weighted by Gasteiger charge is -2.44. The lowest BCUT2D eigenvalue weighted by atomic mass is 9.87. The summed E-state index contributed by atoms with van der Waals surface area (Å²) in [5.74, 6) is 0. The molecule has 2 rings (SSSR count). The minimum Gasteiger partial charge on any atom is -0.365 e. The summed E-state index contributed by atoms with van der Waals surface area (Å²) in [6, 6.07) is 10.8. The second-order valence-electron chi connectivity index (χ2n) is 6.20. The van der Waals surface area contributed by atoms with Crippen LogP contribution in [0.5, 0.6) is 0 Å². The van der Waals surface area contributed by atoms with Gasteiger partial charge in [0.1, 0.15) is 0 Å². The number of nitrogens with zero attached hydrogens (tertiary/aromatic N) is 2. The molecule has 0 radical (unpaired) electrons. The quantitative estimate of drug-likeness (QED) is 0.873. The third-order valence-corrected chi connectivity index (χ3v) is 4.89. The number of hydrogen-bond donors (Lipinski definition) is 1. The maximum absolute atomic E-state index is 6.28. The summed E-state index contributed by atoms with van der Waals surface area (Å²) in [6.45, 7) is 9.90. The molecule has 0 aliphatic carbocycles. The van der Waals surface area contributed by atoms with Crippen LogP contribution in [-0.4, -0.2) is 43.2 Å². The van der Waals surface area contributed by atoms with Crippen LogP contribution in [-0.2, 0) is 0 Å². The SMILES string of the molecule is CCCN1CCCC(CN)(N(CC)c2ccccc2)CC1. The molecule has 1 atom stereocenters. The van der Waals surface area contributed by atoms with Crippen molar-refractivity contribution in [2.24, 2.45) is 5.73 Å². The first-order valence-electron chi connectivity index (χ1n) is 8.51. The third kappa shape index (κ3) is 3.78. The molecule has 2 N–H and O–H groups in total. The number of nitrogens with two attached hydrogens (primary N) is 1. The molecule has 1 heterocycles. The van der Waals surface area contributed by atoms with Crippen LogP contribution >= 0.6 is 0 Å². The van der Waals surface area contributed by atoms with Gasteiger partial charge in [-0.1, -0.05) is 25.1 Å². The number of likely N-dealkylation sites (tertiary alicyclic amines) is 1. The van der Waals surface area contributed by atoms with Gasteiger partial charge in [0.25, 0.3) is 0 Å². The van der Waals surface area contributed by atoms with Gasteiger partial charge in [0.15, 0.2) is 0 Å². The molecule has 1 unspecified atom stereocenters. The van der Waals surface area contributed by atoms with Gasteiger partial charge in [0.05, 0.1) is 5.54 Å². The van der Waals surface area contributed by atoms with Crippen LogP contribution in [0.1, 0.15) is 39.5 Å². The smallest absolute Gasteiger partial charge is 0.0536 e. The summed E-state index contributed by atoms with van der Waals surface area (Å²) >= 11 is 0. The summed E-state index contributed by atoms with van der Waals surface area (Å²) in [5.41, 5.74) is 7.72. The van der Waals surface area contributed by atoms with E-state index in [-0.39, 0.29) is 5.54 Å². The standard InChI is InChI=1S/C18H31N3/c1-3-13-20-14-8-11-18(16-19,12-15-20)21(4-2)17-9-6-5-7-10-17/h5-7,9-10H,3-4,8,11-16,19H2,1-2H3. The molecule has 0 bridgehead atoms. The fourth-order valence-electron chi connectivity index (χ4n) is 3.76. The van der Waals surface area contributed by atoms with Crippen molar-refractivity contribution in [3.05, 3.63) is 30.3 Å². The molecule has 1 aliphatic rings. The predicted octanol–water partition coefficient (Wildman–Crippen LogP) is 3.11. The van der Waals surface area contributed by atoms with E-state index >= 15 is 0 Å². The van der Waals surface area contributed by atoms with Gasteiger partial charge < -0.3 is 15.5 Å². The van der Waals surface area contributed by atoms with Crippen LogP contribution in [0.4, 0.5) is 5.69 Å². The topological polar surface area (TPSA) is 32.5 Å². The zero-order valence-corrected chi connectivity index (χ0v) is 13.7. The van der Waals surface area contributed by atoms with Crippen LogP contribution in [0.15, 0.2) is 30.3 Å². The summed E-state index contributed by atoms with van der Waals surface area (Å²) in [4.78, 5) is 5.15. The van der Waals surface area contributed by atoms with Crippen LogP contribution in [0, 0.1) is 0 Å². The molecule has 1 saturated heterocycles. The van der Waals surface area contributed by atoms with Gasteiger partial charge in [-0.05, 0) is 57.8 Å². The Kier molecular flexibility index (Phi) is 6.07. The van der Waals surface area contributed by atoms with E-state index in [9.17, 15) is 0 Å². The van der Waals surface area contributed by atoms with Gasteiger partial charge in [0.2, 0.25) is 0 Å². The van der Waals surface area contributed by atoms with E-state index in [0.29, 0.717) is 0 Å². The first kappa shape index (κ1) is 16.3. The van der Waals surface area contributed by atoms with E-state index in [4.69, 9.17) is 5.73 Å². The lowest BCUT2D eigenvalue weighted by Crippen LogP contribution is -2.54. The second-order valence-corrected chi connectivity index (χ2v) is 6.20. The average Bonchev–Trinajstić information content (AvgIpc) is 2.73. The zero-order chi connectivity index (χ0) is 15.1. The Hall–Kier alpha value is -1.06. The van der Waals surface area contributed by atoms with Crippen molar-refractivity contribution in [2.75, 3.05) is 37.6 Å². The van der Waals surface area contributed by atoms with Crippen LogP contribution in [0.3, 0.4) is 0 Å². The maximum Gasteiger partial charge on any atom is 0.0536 e. The highest BCUT2D eigenvalue weighted by Gasteiger charge is 2.36. The summed E-state index contributed by atoms with van der Waals surface area (Å²) in [6.07, 6.45) is 4.87. The molecule has 0 amide bonds. The molecule has 0 saturated carbocycles. The van der Waals surface area contributed by atoms with Crippen molar-refractivity contribution in [3.63, 3.8) is 0 Å². The van der Waals surface area contributed by atoms with Gasteiger partial charge >= 0.3 is 0 Å². The molecule has 0 spiro atoms. The summed E-state index contributed by atoms with van der Waals surface area (Å²) < 4.78 is 0. The first-order valence-corrected chi connectivity index (χ1v) is 8.51. The first-order chi connectivity index (χ1) is 10.3. The molecular weight excluding hydrogens is 258 g/mol. The Labute approximate surface area is 130 Å². The fourth-order valence-corrected chi connectivity index (χ4v) is 3.76. The number of hydrogen-bond acceptors (Lipinski definition) is 3. The Morgan fingerprint density at radius 3 is 2.52 bits per heavy atom. The molecule has 3 nitrogen and oxygen atoms in total. The molecule has 3 heteroatoms. The van der Waals surface area contributed by atoms with Crippen molar-refractivity contribution < 1.29 is 0 Å². The Morgan fingerprint density at radius 1 is 1.14 bits per heavy atom. The van der Waals surface area contributed by atoms with Crippen molar-refractivity contribution >= 4 is 5.69 Å². The summed E-state index contributed by atoms with van der Waals surface area (Å²) in [5, 5.41) is 0. The van der Waals surface area contributed by atoms with Crippen molar-refractivity contribution in [2.45, 2.75) is 45.1 Å². The van der Waals surface area contributed by atoms with Gasteiger partial charge in [-0.3, -0.25) is 0 Å². The van der Waals surface area contributed by atoms with Gasteiger partial charge in [-0.2, -0.15) is 0 Å². The Balaban J connectivity index is 2.19. The fraction of sp³-hybridized carbons (Fsp3) is 0.667. The molecular formula is C18H31N3. The number of para-hydroxylation sites is 1. The van der Waals surface area contributed by atoms with E-state index in [1.165, 1.54) is 51.0 Å². The highest BCUT2D eigenvalue weighted by Crippen LogP contribution is 2.32. The van der Waals surface area contributed by atoms with Gasteiger partial charge in [-0.25, -0.2) is 0 Å². The minimum absolute atomic E-state index is 0.124. The van der Waals surface area contributed by atoms with E-state index in [1.807, 2.05) is 0 Å². The number of anilines is 1. The highest BCUT2D eigenvalue weighted by molar-refractivity contribution is 5.49. The van der Waals surface area contributed by atoms with E-state index in [1.54, 1.807) is 0 Å². The number of benzene rings is 1. The molecule has 1 aromatic rings. The number of likely N-dealkylation sites (N-methyl/N-ethyl adjacent to an activating group) is 1. The Bertz CT molecular complexity index is 406. The minimum atomic E-state index is 0.124. The summed E-state index contributed by atoms with van der Waals surface area (Å²) in [7, 11) is 0. The zero-order valence-electron chi connectivity index (χ0n) is 13.7. The number of rotatable bonds is 6. The van der Waals surface area contributed by atoms with Gasteiger partial charge in [-0.15, -0.1) is 0 Å². The predicted molar refractivity (Wildman–Crippen MR) is 91.8 cm³/mol. The van der Waals surface area contributed by atoms with Crippen LogP contribution in [0.2, 0.25) is 0 Å². The molecule has 1 fully saturated rings. The average molecular weight is 289 g/mol. The second kappa shape index (κ2) is 7.81.